The lowest BCUT2D eigenvalue weighted by molar-refractivity contribution is 0.714. The van der Waals surface area contributed by atoms with Crippen LogP contribution in [0.1, 0.15) is 23.6 Å². The van der Waals surface area contributed by atoms with Crippen molar-refractivity contribution >= 4 is 59.3 Å². The Morgan fingerprint density at radius 1 is 0.355 bits per heavy atom. The first kappa shape index (κ1) is 36.3. The Morgan fingerprint density at radius 3 is 1.79 bits per heavy atom. The summed E-state index contributed by atoms with van der Waals surface area (Å²) in [6, 6.07) is 85.0. The van der Waals surface area contributed by atoms with Crippen molar-refractivity contribution in [3.8, 4) is 44.5 Å². The minimum atomic E-state index is -0.246. The minimum Gasteiger partial charge on any atom is -0.310 e. The molecule has 1 nitrogen and oxygen atoms in total. The van der Waals surface area contributed by atoms with Crippen LogP contribution in [0.4, 0.5) is 17.1 Å². The second-order valence-corrected chi connectivity index (χ2v) is 17.7. The summed E-state index contributed by atoms with van der Waals surface area (Å²) in [7, 11) is 0. The van der Waals surface area contributed by atoms with Crippen LogP contribution < -0.4 is 4.90 Å². The van der Waals surface area contributed by atoms with Gasteiger partial charge in [0.2, 0.25) is 0 Å². The molecule has 1 aliphatic rings. The molecule has 0 saturated heterocycles. The van der Waals surface area contributed by atoms with E-state index in [2.05, 4.69) is 242 Å². The summed E-state index contributed by atoms with van der Waals surface area (Å²) in [6.07, 6.45) is 0. The maximum Gasteiger partial charge on any atom is 0.0467 e. The van der Waals surface area contributed by atoms with E-state index >= 15 is 0 Å². The molecule has 1 atom stereocenters. The van der Waals surface area contributed by atoms with Gasteiger partial charge in [-0.05, 0) is 140 Å². The van der Waals surface area contributed by atoms with E-state index in [0.717, 1.165) is 17.1 Å². The molecule has 1 aliphatic carbocycles. The van der Waals surface area contributed by atoms with Gasteiger partial charge >= 0.3 is 0 Å². The zero-order valence-corrected chi connectivity index (χ0v) is 35.1. The first-order chi connectivity index (χ1) is 30.6. The lowest BCUT2D eigenvalue weighted by atomic mass is 9.74. The number of benzene rings is 10. The van der Waals surface area contributed by atoms with E-state index in [1.165, 1.54) is 92.1 Å². The average Bonchev–Trinajstić information content (AvgIpc) is 3.85. The molecule has 292 valence electrons. The molecule has 0 radical (unpaired) electrons. The van der Waals surface area contributed by atoms with Crippen LogP contribution in [-0.2, 0) is 5.41 Å². The second-order valence-electron chi connectivity index (χ2n) is 16.6. The van der Waals surface area contributed by atoms with Gasteiger partial charge in [0.1, 0.15) is 0 Å². The number of hydrogen-bond acceptors (Lipinski definition) is 2. The maximum absolute atomic E-state index is 2.43. The van der Waals surface area contributed by atoms with Crippen LogP contribution in [0.15, 0.2) is 231 Å². The Balaban J connectivity index is 0.954. The molecule has 0 saturated carbocycles. The standard InChI is InChI=1S/C60H41NS/c1-60(47-16-3-2-4-17-47)55-22-9-7-19-52(55)53-36-31-46(39-56(53)60)41-27-32-48(33-28-41)61(50-18-11-15-44(38-50)45-26-25-40-13-5-6-14-43(40)37-45)49-34-29-42(30-35-49)51-21-12-24-58-59(51)54-20-8-10-23-57(54)62-58/h2-39H,1H3. The zero-order valence-electron chi connectivity index (χ0n) is 34.3. The van der Waals surface area contributed by atoms with Crippen molar-refractivity contribution in [2.24, 2.45) is 0 Å². The fourth-order valence-corrected chi connectivity index (χ4v) is 11.1. The topological polar surface area (TPSA) is 3.24 Å². The molecule has 11 aromatic rings. The van der Waals surface area contributed by atoms with Gasteiger partial charge in [-0.15, -0.1) is 11.3 Å². The molecule has 0 fully saturated rings. The van der Waals surface area contributed by atoms with Gasteiger partial charge in [0, 0.05) is 42.6 Å². The smallest absolute Gasteiger partial charge is 0.0467 e. The number of nitrogens with zero attached hydrogens (tertiary/aromatic N) is 1. The Hall–Kier alpha value is -7.52. The monoisotopic (exact) mass is 807 g/mol. The third-order valence-electron chi connectivity index (χ3n) is 13.2. The Labute approximate surface area is 366 Å². The molecule has 0 amide bonds. The molecule has 12 rings (SSSR count). The normalized spacial score (nSPS) is 14.3. The highest BCUT2D eigenvalue weighted by Crippen LogP contribution is 2.53. The van der Waals surface area contributed by atoms with Crippen molar-refractivity contribution in [2.75, 3.05) is 4.90 Å². The molecule has 62 heavy (non-hydrogen) atoms. The highest BCUT2D eigenvalue weighted by Gasteiger charge is 2.40. The Kier molecular flexibility index (Phi) is 8.55. The number of rotatable bonds is 7. The highest BCUT2D eigenvalue weighted by molar-refractivity contribution is 7.25. The number of fused-ring (bicyclic) bond motifs is 7. The van der Waals surface area contributed by atoms with Crippen LogP contribution >= 0.6 is 11.3 Å². The van der Waals surface area contributed by atoms with Crippen LogP contribution in [-0.4, -0.2) is 0 Å². The fourth-order valence-electron chi connectivity index (χ4n) is 10.0. The van der Waals surface area contributed by atoms with E-state index in [-0.39, 0.29) is 5.41 Å². The van der Waals surface area contributed by atoms with Crippen molar-refractivity contribution in [1.29, 1.82) is 0 Å². The summed E-state index contributed by atoms with van der Waals surface area (Å²) in [5, 5.41) is 5.14. The predicted octanol–water partition coefficient (Wildman–Crippen LogP) is 17.0. The molecular weight excluding hydrogens is 767 g/mol. The van der Waals surface area contributed by atoms with E-state index in [1.807, 2.05) is 11.3 Å². The van der Waals surface area contributed by atoms with E-state index in [4.69, 9.17) is 0 Å². The van der Waals surface area contributed by atoms with Crippen molar-refractivity contribution < 1.29 is 0 Å². The third kappa shape index (κ3) is 5.90. The molecule has 1 unspecified atom stereocenters. The van der Waals surface area contributed by atoms with Crippen molar-refractivity contribution in [2.45, 2.75) is 12.3 Å². The van der Waals surface area contributed by atoms with Crippen molar-refractivity contribution in [3.63, 3.8) is 0 Å². The molecule has 0 N–H and O–H groups in total. The van der Waals surface area contributed by atoms with Gasteiger partial charge < -0.3 is 4.90 Å². The van der Waals surface area contributed by atoms with Crippen molar-refractivity contribution in [1.82, 2.24) is 0 Å². The summed E-state index contributed by atoms with van der Waals surface area (Å²) in [4.78, 5) is 2.39. The summed E-state index contributed by atoms with van der Waals surface area (Å²) < 4.78 is 2.64. The zero-order chi connectivity index (χ0) is 41.2. The van der Waals surface area contributed by atoms with Gasteiger partial charge in [-0.1, -0.05) is 170 Å². The quantitative estimate of drug-likeness (QED) is 0.155. The third-order valence-corrected chi connectivity index (χ3v) is 14.3. The maximum atomic E-state index is 2.43. The first-order valence-electron chi connectivity index (χ1n) is 21.4. The summed E-state index contributed by atoms with van der Waals surface area (Å²) in [5.41, 5.74) is 17.0. The number of thiophene rings is 1. The molecule has 0 aliphatic heterocycles. The number of anilines is 3. The second kappa shape index (κ2) is 14.6. The highest BCUT2D eigenvalue weighted by atomic mass is 32.1. The molecule has 1 aromatic heterocycles. The van der Waals surface area contributed by atoms with E-state index in [9.17, 15) is 0 Å². The van der Waals surface area contributed by atoms with Gasteiger partial charge in [-0.3, -0.25) is 0 Å². The van der Waals surface area contributed by atoms with E-state index in [1.54, 1.807) is 0 Å². The van der Waals surface area contributed by atoms with Gasteiger partial charge in [0.25, 0.3) is 0 Å². The average molecular weight is 808 g/mol. The fraction of sp³-hybridized carbons (Fsp3) is 0.0333. The molecular formula is C60H41NS. The largest absolute Gasteiger partial charge is 0.310 e. The Morgan fingerprint density at radius 2 is 0.952 bits per heavy atom. The van der Waals surface area contributed by atoms with Gasteiger partial charge in [0.15, 0.2) is 0 Å². The van der Waals surface area contributed by atoms with Gasteiger partial charge in [-0.2, -0.15) is 0 Å². The first-order valence-corrected chi connectivity index (χ1v) is 22.2. The van der Waals surface area contributed by atoms with Crippen LogP contribution in [0.3, 0.4) is 0 Å². The van der Waals surface area contributed by atoms with Gasteiger partial charge in [-0.25, -0.2) is 0 Å². The SMILES string of the molecule is CC1(c2ccccc2)c2ccccc2-c2ccc(-c3ccc(N(c4ccc(-c5cccc6sc7ccccc7c56)cc4)c4cccc(-c5ccc6ccccc6c5)c4)cc3)cc21. The van der Waals surface area contributed by atoms with E-state index in [0.29, 0.717) is 0 Å². The van der Waals surface area contributed by atoms with Crippen LogP contribution in [0, 0.1) is 0 Å². The summed E-state index contributed by atoms with van der Waals surface area (Å²) in [5.74, 6) is 0. The summed E-state index contributed by atoms with van der Waals surface area (Å²) in [6.45, 7) is 2.39. The minimum absolute atomic E-state index is 0.246. The lowest BCUT2D eigenvalue weighted by Gasteiger charge is -2.28. The van der Waals surface area contributed by atoms with E-state index < -0.39 is 0 Å². The molecule has 1 heterocycles. The molecule has 0 bridgehead atoms. The van der Waals surface area contributed by atoms with Crippen LogP contribution in [0.25, 0.3) is 75.5 Å². The lowest BCUT2D eigenvalue weighted by Crippen LogP contribution is -2.22. The van der Waals surface area contributed by atoms with Crippen LogP contribution in [0.5, 0.6) is 0 Å². The van der Waals surface area contributed by atoms with Crippen LogP contribution in [0.2, 0.25) is 0 Å². The molecule has 10 aromatic carbocycles. The number of hydrogen-bond donors (Lipinski definition) is 0. The Bertz CT molecular complexity index is 3470. The summed E-state index contributed by atoms with van der Waals surface area (Å²) >= 11 is 1.87. The predicted molar refractivity (Wildman–Crippen MR) is 265 cm³/mol. The molecule has 2 heteroatoms. The molecule has 0 spiro atoms. The van der Waals surface area contributed by atoms with Crippen molar-refractivity contribution in [3.05, 3.63) is 247 Å². The van der Waals surface area contributed by atoms with Gasteiger partial charge in [0.05, 0.1) is 0 Å².